The van der Waals surface area contributed by atoms with Gasteiger partial charge in [-0.05, 0) is 30.7 Å². The van der Waals surface area contributed by atoms with Gasteiger partial charge < -0.3 is 14.8 Å². The van der Waals surface area contributed by atoms with Gasteiger partial charge in [0.15, 0.2) is 6.61 Å². The number of halogens is 2. The zero-order chi connectivity index (χ0) is 21.0. The van der Waals surface area contributed by atoms with E-state index in [0.717, 1.165) is 16.0 Å². The van der Waals surface area contributed by atoms with Gasteiger partial charge in [0.05, 0.1) is 12.1 Å². The highest BCUT2D eigenvalue weighted by molar-refractivity contribution is 7.17. The molecule has 0 atom stereocenters. The van der Waals surface area contributed by atoms with Crippen molar-refractivity contribution in [3.63, 3.8) is 0 Å². The summed E-state index contributed by atoms with van der Waals surface area (Å²) in [4.78, 5) is 25.8. The average molecular weight is 450 g/mol. The average Bonchev–Trinajstić information content (AvgIpc) is 3.02. The van der Waals surface area contributed by atoms with Gasteiger partial charge in [-0.2, -0.15) is 0 Å². The second-order valence-electron chi connectivity index (χ2n) is 6.01. The van der Waals surface area contributed by atoms with Crippen molar-refractivity contribution in [3.05, 3.63) is 69.0 Å². The third-order valence-corrected chi connectivity index (χ3v) is 5.59. The van der Waals surface area contributed by atoms with Gasteiger partial charge in [-0.25, -0.2) is 4.79 Å². The molecule has 150 valence electrons. The van der Waals surface area contributed by atoms with Crippen LogP contribution in [-0.2, 0) is 9.53 Å². The minimum atomic E-state index is -0.523. The number of aryl methyl sites for hydroxylation is 1. The Morgan fingerprint density at radius 1 is 1.10 bits per heavy atom. The molecule has 0 unspecified atom stereocenters. The fraction of sp³-hybridized carbons (Fsp3) is 0.143. The Balaban J connectivity index is 1.83. The predicted molar refractivity (Wildman–Crippen MR) is 116 cm³/mol. The second kappa shape index (κ2) is 9.31. The summed E-state index contributed by atoms with van der Waals surface area (Å²) in [5, 5.41) is 3.92. The zero-order valence-electron chi connectivity index (χ0n) is 15.6. The Morgan fingerprint density at radius 2 is 1.83 bits per heavy atom. The van der Waals surface area contributed by atoms with Crippen molar-refractivity contribution < 1.29 is 19.1 Å². The lowest BCUT2D eigenvalue weighted by atomic mass is 10.0. The second-order valence-corrected chi connectivity index (χ2v) is 8.07. The molecule has 0 saturated heterocycles. The molecule has 0 saturated carbocycles. The number of anilines is 1. The van der Waals surface area contributed by atoms with Crippen LogP contribution in [0.4, 0.5) is 5.00 Å². The van der Waals surface area contributed by atoms with E-state index in [9.17, 15) is 9.59 Å². The van der Waals surface area contributed by atoms with Crippen LogP contribution >= 0.6 is 34.5 Å². The molecule has 0 fully saturated rings. The monoisotopic (exact) mass is 449 g/mol. The predicted octanol–water partition coefficient (Wildman–Crippen LogP) is 5.83. The number of nitrogens with one attached hydrogen (secondary N) is 1. The van der Waals surface area contributed by atoms with E-state index in [1.54, 1.807) is 12.1 Å². The van der Waals surface area contributed by atoms with Crippen molar-refractivity contribution in [2.45, 2.75) is 6.92 Å². The molecule has 0 aliphatic rings. The molecule has 0 radical (unpaired) electrons. The molecule has 8 heteroatoms. The number of amides is 1. The summed E-state index contributed by atoms with van der Waals surface area (Å²) in [5.74, 6) is -0.612. The summed E-state index contributed by atoms with van der Waals surface area (Å²) in [5.41, 5.74) is 1.92. The van der Waals surface area contributed by atoms with Crippen molar-refractivity contribution in [1.82, 2.24) is 0 Å². The lowest BCUT2D eigenvalue weighted by molar-refractivity contribution is -0.118. The largest absolute Gasteiger partial charge is 0.482 e. The van der Waals surface area contributed by atoms with Gasteiger partial charge in [-0.15, -0.1) is 11.3 Å². The van der Waals surface area contributed by atoms with Crippen LogP contribution in [0.5, 0.6) is 5.75 Å². The molecule has 0 spiro atoms. The van der Waals surface area contributed by atoms with Gasteiger partial charge >= 0.3 is 5.97 Å². The maximum atomic E-state index is 12.5. The topological polar surface area (TPSA) is 64.6 Å². The maximum absolute atomic E-state index is 12.5. The van der Waals surface area contributed by atoms with E-state index >= 15 is 0 Å². The van der Waals surface area contributed by atoms with Crippen LogP contribution in [0.25, 0.3) is 11.1 Å². The summed E-state index contributed by atoms with van der Waals surface area (Å²) in [7, 11) is 1.31. The van der Waals surface area contributed by atoms with Gasteiger partial charge in [0.2, 0.25) is 0 Å². The molecule has 1 heterocycles. The molecule has 0 aliphatic carbocycles. The van der Waals surface area contributed by atoms with Gasteiger partial charge in [0.25, 0.3) is 5.91 Å². The molecule has 1 N–H and O–H groups in total. The first kappa shape index (κ1) is 21.2. The fourth-order valence-corrected chi connectivity index (χ4v) is 4.32. The van der Waals surface area contributed by atoms with Crippen molar-refractivity contribution in [1.29, 1.82) is 0 Å². The number of methoxy groups -OCH3 is 1. The van der Waals surface area contributed by atoms with Crippen LogP contribution in [0, 0.1) is 6.92 Å². The highest BCUT2D eigenvalue weighted by atomic mass is 35.5. The molecule has 5 nitrogen and oxygen atoms in total. The Kier molecular flexibility index (Phi) is 6.79. The molecule has 3 rings (SSSR count). The highest BCUT2D eigenvalue weighted by Crippen LogP contribution is 2.40. The molecule has 0 bridgehead atoms. The standard InChI is InChI=1S/C21H17Cl2NO4S/c1-12-18(13-6-4-3-5-7-13)19(21(26)27-2)20(29-12)24-17(25)11-28-16-9-8-14(22)10-15(16)23/h3-10H,11H2,1-2H3,(H,24,25). The van der Waals surface area contributed by atoms with E-state index in [2.05, 4.69) is 5.32 Å². The highest BCUT2D eigenvalue weighted by Gasteiger charge is 2.25. The third kappa shape index (κ3) is 4.90. The number of rotatable bonds is 6. The van der Waals surface area contributed by atoms with Crippen LogP contribution in [0.3, 0.4) is 0 Å². The SMILES string of the molecule is COC(=O)c1c(NC(=O)COc2ccc(Cl)cc2Cl)sc(C)c1-c1ccccc1. The number of hydrogen-bond acceptors (Lipinski definition) is 5. The van der Waals surface area contributed by atoms with Gasteiger partial charge in [0.1, 0.15) is 16.3 Å². The summed E-state index contributed by atoms with van der Waals surface area (Å²) in [6.45, 7) is 1.61. The summed E-state index contributed by atoms with van der Waals surface area (Å²) < 4.78 is 10.4. The lowest BCUT2D eigenvalue weighted by Crippen LogP contribution is -2.21. The van der Waals surface area contributed by atoms with E-state index in [1.165, 1.54) is 24.5 Å². The summed E-state index contributed by atoms with van der Waals surface area (Å²) >= 11 is 13.2. The molecule has 1 amide bonds. The zero-order valence-corrected chi connectivity index (χ0v) is 18.0. The summed E-state index contributed by atoms with van der Waals surface area (Å²) in [6, 6.07) is 14.2. The first-order valence-electron chi connectivity index (χ1n) is 8.55. The van der Waals surface area contributed by atoms with Crippen LogP contribution in [0.2, 0.25) is 10.0 Å². The molecule has 29 heavy (non-hydrogen) atoms. The molecular weight excluding hydrogens is 433 g/mol. The van der Waals surface area contributed by atoms with E-state index in [4.69, 9.17) is 32.7 Å². The molecular formula is C21H17Cl2NO4S. The van der Waals surface area contributed by atoms with Crippen LogP contribution in [-0.4, -0.2) is 25.6 Å². The van der Waals surface area contributed by atoms with E-state index in [0.29, 0.717) is 26.4 Å². The number of carbonyl (C=O) groups is 2. The first-order valence-corrected chi connectivity index (χ1v) is 10.1. The quantitative estimate of drug-likeness (QED) is 0.480. The normalized spacial score (nSPS) is 10.5. The number of thiophene rings is 1. The third-order valence-electron chi connectivity index (χ3n) is 4.04. The van der Waals surface area contributed by atoms with Crippen molar-refractivity contribution in [2.75, 3.05) is 19.0 Å². The van der Waals surface area contributed by atoms with Gasteiger partial charge in [0, 0.05) is 15.5 Å². The van der Waals surface area contributed by atoms with Crippen LogP contribution in [0.1, 0.15) is 15.2 Å². The van der Waals surface area contributed by atoms with E-state index < -0.39 is 11.9 Å². The van der Waals surface area contributed by atoms with Crippen LogP contribution < -0.4 is 10.1 Å². The van der Waals surface area contributed by atoms with Gasteiger partial charge in [-0.3, -0.25) is 4.79 Å². The minimum absolute atomic E-state index is 0.278. The van der Waals surface area contributed by atoms with Crippen molar-refractivity contribution in [3.8, 4) is 16.9 Å². The molecule has 1 aromatic heterocycles. The molecule has 3 aromatic rings. The van der Waals surface area contributed by atoms with Crippen LogP contribution in [0.15, 0.2) is 48.5 Å². The van der Waals surface area contributed by atoms with Crippen molar-refractivity contribution >= 4 is 51.4 Å². The van der Waals surface area contributed by atoms with Gasteiger partial charge in [-0.1, -0.05) is 53.5 Å². The number of benzene rings is 2. The Hall–Kier alpha value is -2.54. The minimum Gasteiger partial charge on any atom is -0.482 e. The first-order chi connectivity index (χ1) is 13.9. The number of esters is 1. The fourth-order valence-electron chi connectivity index (χ4n) is 2.78. The number of ether oxygens (including phenoxy) is 2. The Morgan fingerprint density at radius 3 is 2.48 bits per heavy atom. The summed E-state index contributed by atoms with van der Waals surface area (Å²) in [6.07, 6.45) is 0. The number of hydrogen-bond donors (Lipinski definition) is 1. The van der Waals surface area contributed by atoms with E-state index in [-0.39, 0.29) is 6.61 Å². The maximum Gasteiger partial charge on any atom is 0.341 e. The van der Waals surface area contributed by atoms with E-state index in [1.807, 2.05) is 37.3 Å². The Bertz CT molecular complexity index is 1050. The smallest absolute Gasteiger partial charge is 0.341 e. The molecule has 0 aliphatic heterocycles. The Labute approximate surface area is 182 Å². The molecule has 2 aromatic carbocycles. The van der Waals surface area contributed by atoms with Crippen molar-refractivity contribution in [2.24, 2.45) is 0 Å². The number of carbonyl (C=O) groups excluding carboxylic acids is 2. The lowest BCUT2D eigenvalue weighted by Gasteiger charge is -2.10.